The minimum Gasteiger partial charge on any atom is -0.478 e. The fraction of sp³-hybridized carbons (Fsp3) is 0.450. The molecule has 0 unspecified atom stereocenters. The van der Waals surface area contributed by atoms with Crippen LogP contribution < -0.4 is 0 Å². The van der Waals surface area contributed by atoms with Gasteiger partial charge in [-0.25, -0.2) is 4.79 Å². The standard InChI is InChI=1S/C20H22N2O4/c23-19(17-12-18(26-21-17)14-5-6-14)22-9-7-13(8-10-22)11-15-3-1-2-4-16(15)20(24)25/h1-4,12-14H,5-11H2,(H,24,25). The molecule has 0 spiro atoms. The van der Waals surface area contributed by atoms with Crippen molar-refractivity contribution in [3.8, 4) is 0 Å². The number of nitrogens with zero attached hydrogens (tertiary/aromatic N) is 2. The van der Waals surface area contributed by atoms with Gasteiger partial charge in [0, 0.05) is 25.1 Å². The van der Waals surface area contributed by atoms with Crippen molar-refractivity contribution in [3.63, 3.8) is 0 Å². The molecule has 26 heavy (non-hydrogen) atoms. The minimum atomic E-state index is -0.884. The third kappa shape index (κ3) is 3.49. The maximum absolute atomic E-state index is 12.6. The van der Waals surface area contributed by atoms with E-state index in [4.69, 9.17) is 4.52 Å². The van der Waals surface area contributed by atoms with Crippen LogP contribution in [0.25, 0.3) is 0 Å². The normalized spacial score (nSPS) is 18.1. The summed E-state index contributed by atoms with van der Waals surface area (Å²) in [6.07, 6.45) is 4.71. The van der Waals surface area contributed by atoms with Crippen LogP contribution in [0, 0.1) is 5.92 Å². The molecule has 136 valence electrons. The van der Waals surface area contributed by atoms with Crippen LogP contribution in [-0.2, 0) is 6.42 Å². The number of piperidine rings is 1. The van der Waals surface area contributed by atoms with Gasteiger partial charge in [0.15, 0.2) is 5.69 Å². The number of rotatable bonds is 5. The van der Waals surface area contributed by atoms with E-state index < -0.39 is 5.97 Å². The van der Waals surface area contributed by atoms with E-state index in [0.717, 1.165) is 43.4 Å². The second kappa shape index (κ2) is 6.94. The summed E-state index contributed by atoms with van der Waals surface area (Å²) in [5.41, 5.74) is 1.65. The summed E-state index contributed by atoms with van der Waals surface area (Å²) in [5.74, 6) is 0.715. The summed E-state index contributed by atoms with van der Waals surface area (Å²) in [4.78, 5) is 25.8. The second-order valence-corrected chi connectivity index (χ2v) is 7.29. The highest BCUT2D eigenvalue weighted by molar-refractivity contribution is 5.92. The number of carbonyl (C=O) groups is 2. The van der Waals surface area contributed by atoms with Gasteiger partial charge in [-0.1, -0.05) is 23.4 Å². The quantitative estimate of drug-likeness (QED) is 0.890. The average Bonchev–Trinajstić information content (AvgIpc) is 3.39. The van der Waals surface area contributed by atoms with Gasteiger partial charge in [-0.05, 0) is 49.7 Å². The van der Waals surface area contributed by atoms with E-state index in [9.17, 15) is 14.7 Å². The number of carbonyl (C=O) groups excluding carboxylic acids is 1. The molecule has 2 aliphatic rings. The highest BCUT2D eigenvalue weighted by Gasteiger charge is 2.31. The zero-order valence-corrected chi connectivity index (χ0v) is 14.6. The lowest BCUT2D eigenvalue weighted by atomic mass is 9.88. The Bertz CT molecular complexity index is 817. The van der Waals surface area contributed by atoms with E-state index in [0.29, 0.717) is 36.2 Å². The number of benzene rings is 1. The smallest absolute Gasteiger partial charge is 0.335 e. The van der Waals surface area contributed by atoms with Crippen LogP contribution in [0.15, 0.2) is 34.9 Å². The number of carboxylic acids is 1. The molecule has 2 fully saturated rings. The first-order valence-corrected chi connectivity index (χ1v) is 9.19. The average molecular weight is 354 g/mol. The molecular formula is C20H22N2O4. The van der Waals surface area contributed by atoms with E-state index in [1.807, 2.05) is 17.0 Å². The molecule has 1 aliphatic carbocycles. The van der Waals surface area contributed by atoms with Gasteiger partial charge in [-0.3, -0.25) is 4.79 Å². The molecule has 1 aromatic heterocycles. The lowest BCUT2D eigenvalue weighted by Gasteiger charge is -2.31. The van der Waals surface area contributed by atoms with Crippen molar-refractivity contribution in [2.75, 3.05) is 13.1 Å². The molecule has 6 heteroatoms. The fourth-order valence-electron chi connectivity index (χ4n) is 3.67. The predicted octanol–water partition coefficient (Wildman–Crippen LogP) is 3.35. The molecule has 1 saturated heterocycles. The molecule has 2 aromatic rings. The first kappa shape index (κ1) is 16.8. The van der Waals surface area contributed by atoms with Crippen molar-refractivity contribution < 1.29 is 19.2 Å². The molecule has 4 rings (SSSR count). The van der Waals surface area contributed by atoms with Gasteiger partial charge in [-0.15, -0.1) is 0 Å². The maximum Gasteiger partial charge on any atom is 0.335 e. The molecule has 1 aliphatic heterocycles. The van der Waals surface area contributed by atoms with Crippen LogP contribution >= 0.6 is 0 Å². The van der Waals surface area contributed by atoms with Crippen LogP contribution in [0.3, 0.4) is 0 Å². The molecule has 1 N–H and O–H groups in total. The van der Waals surface area contributed by atoms with Crippen molar-refractivity contribution in [2.45, 2.75) is 38.0 Å². The summed E-state index contributed by atoms with van der Waals surface area (Å²) in [6, 6.07) is 8.95. The predicted molar refractivity (Wildman–Crippen MR) is 94.2 cm³/mol. The Morgan fingerprint density at radius 3 is 2.58 bits per heavy atom. The maximum atomic E-state index is 12.6. The van der Waals surface area contributed by atoms with E-state index in [-0.39, 0.29) is 5.91 Å². The Hall–Kier alpha value is -2.63. The van der Waals surface area contributed by atoms with E-state index >= 15 is 0 Å². The number of hydrogen-bond donors (Lipinski definition) is 1. The van der Waals surface area contributed by atoms with Crippen molar-refractivity contribution >= 4 is 11.9 Å². The molecule has 1 aromatic carbocycles. The van der Waals surface area contributed by atoms with Crippen molar-refractivity contribution in [3.05, 3.63) is 52.9 Å². The fourth-order valence-corrected chi connectivity index (χ4v) is 3.67. The topological polar surface area (TPSA) is 83.6 Å². The highest BCUT2D eigenvalue weighted by Crippen LogP contribution is 2.40. The summed E-state index contributed by atoms with van der Waals surface area (Å²) in [5, 5.41) is 13.3. The Balaban J connectivity index is 1.35. The third-order valence-electron chi connectivity index (χ3n) is 5.39. The van der Waals surface area contributed by atoms with Gasteiger partial charge in [0.05, 0.1) is 5.56 Å². The summed E-state index contributed by atoms with van der Waals surface area (Å²) in [7, 11) is 0. The number of aromatic carboxylic acids is 1. The largest absolute Gasteiger partial charge is 0.478 e. The van der Waals surface area contributed by atoms with Gasteiger partial charge in [0.1, 0.15) is 5.76 Å². The van der Waals surface area contributed by atoms with Crippen LogP contribution in [-0.4, -0.2) is 40.1 Å². The SMILES string of the molecule is O=C(O)c1ccccc1CC1CCN(C(=O)c2cc(C3CC3)on2)CC1. The van der Waals surface area contributed by atoms with E-state index in [1.165, 1.54) is 0 Å². The molecule has 0 atom stereocenters. The number of carboxylic acid groups (broad SMARTS) is 1. The first-order chi connectivity index (χ1) is 12.6. The Morgan fingerprint density at radius 2 is 1.88 bits per heavy atom. The first-order valence-electron chi connectivity index (χ1n) is 9.19. The summed E-state index contributed by atoms with van der Waals surface area (Å²) in [6.45, 7) is 1.34. The monoisotopic (exact) mass is 354 g/mol. The molecule has 1 amide bonds. The zero-order valence-electron chi connectivity index (χ0n) is 14.6. The van der Waals surface area contributed by atoms with Crippen molar-refractivity contribution in [2.24, 2.45) is 5.92 Å². The van der Waals surface area contributed by atoms with Crippen molar-refractivity contribution in [1.82, 2.24) is 10.1 Å². The van der Waals surface area contributed by atoms with E-state index in [1.54, 1.807) is 18.2 Å². The van der Waals surface area contributed by atoms with Crippen LogP contribution in [0.2, 0.25) is 0 Å². The lowest BCUT2D eigenvalue weighted by molar-refractivity contribution is 0.0680. The van der Waals surface area contributed by atoms with Crippen LogP contribution in [0.5, 0.6) is 0 Å². The molecule has 6 nitrogen and oxygen atoms in total. The molecular weight excluding hydrogens is 332 g/mol. The highest BCUT2D eigenvalue weighted by atomic mass is 16.5. The Morgan fingerprint density at radius 1 is 1.15 bits per heavy atom. The Kier molecular flexibility index (Phi) is 4.49. The molecule has 0 bridgehead atoms. The van der Waals surface area contributed by atoms with Gasteiger partial charge in [0.2, 0.25) is 0 Å². The number of amides is 1. The molecule has 1 saturated carbocycles. The van der Waals surface area contributed by atoms with Crippen LogP contribution in [0.1, 0.15) is 63.8 Å². The van der Waals surface area contributed by atoms with Gasteiger partial charge in [-0.2, -0.15) is 0 Å². The number of likely N-dealkylation sites (tertiary alicyclic amines) is 1. The number of hydrogen-bond acceptors (Lipinski definition) is 4. The third-order valence-corrected chi connectivity index (χ3v) is 5.39. The number of aromatic nitrogens is 1. The zero-order chi connectivity index (χ0) is 18.1. The minimum absolute atomic E-state index is 0.0648. The van der Waals surface area contributed by atoms with Gasteiger partial charge >= 0.3 is 5.97 Å². The summed E-state index contributed by atoms with van der Waals surface area (Å²) < 4.78 is 5.28. The van der Waals surface area contributed by atoms with E-state index in [2.05, 4.69) is 5.16 Å². The second-order valence-electron chi connectivity index (χ2n) is 7.29. The lowest BCUT2D eigenvalue weighted by Crippen LogP contribution is -2.39. The molecule has 0 radical (unpaired) electrons. The van der Waals surface area contributed by atoms with Crippen LogP contribution in [0.4, 0.5) is 0 Å². The van der Waals surface area contributed by atoms with Crippen molar-refractivity contribution in [1.29, 1.82) is 0 Å². The summed E-state index contributed by atoms with van der Waals surface area (Å²) >= 11 is 0. The molecule has 2 heterocycles. The van der Waals surface area contributed by atoms with Gasteiger partial charge in [0.25, 0.3) is 5.91 Å². The Labute approximate surface area is 151 Å². The van der Waals surface area contributed by atoms with Gasteiger partial charge < -0.3 is 14.5 Å².